The Kier molecular flexibility index (Phi) is 14.9. The summed E-state index contributed by atoms with van der Waals surface area (Å²) in [5.74, 6) is 5.34. The van der Waals surface area contributed by atoms with Crippen molar-refractivity contribution < 1.29 is 9.53 Å². The molecule has 2 heteroatoms. The van der Waals surface area contributed by atoms with Gasteiger partial charge in [-0.25, -0.2) is 0 Å². The van der Waals surface area contributed by atoms with Crippen molar-refractivity contribution in [1.29, 1.82) is 0 Å². The number of rotatable bonds is 20. The molecule has 0 saturated heterocycles. The van der Waals surface area contributed by atoms with E-state index in [0.29, 0.717) is 17.3 Å². The molecule has 4 aliphatic rings. The molecule has 4 rings (SSSR count). The molecule has 0 unspecified atom stereocenters. The van der Waals surface area contributed by atoms with Crippen LogP contribution in [0.4, 0.5) is 0 Å². The zero-order valence-corrected chi connectivity index (χ0v) is 31.1. The summed E-state index contributed by atoms with van der Waals surface area (Å²) in [5, 5.41) is 0. The van der Waals surface area contributed by atoms with Gasteiger partial charge in [-0.05, 0) is 97.7 Å². The van der Waals surface area contributed by atoms with Gasteiger partial charge in [0.25, 0.3) is 0 Å². The highest BCUT2D eigenvalue weighted by Crippen LogP contribution is 2.67. The van der Waals surface area contributed by atoms with E-state index < -0.39 is 0 Å². The minimum absolute atomic E-state index is 0.0638. The molecule has 0 amide bonds. The molecule has 0 radical (unpaired) electrons. The van der Waals surface area contributed by atoms with Crippen molar-refractivity contribution in [3.05, 3.63) is 11.6 Å². The van der Waals surface area contributed by atoms with E-state index in [9.17, 15) is 4.79 Å². The number of unbranched alkanes of at least 4 members (excludes halogenated alkanes) is 12. The highest BCUT2D eigenvalue weighted by Gasteiger charge is 2.59. The molecule has 0 aromatic carbocycles. The molecule has 0 N–H and O–H groups in total. The maximum atomic E-state index is 12.8. The molecule has 0 aliphatic heterocycles. The number of allylic oxidation sites excluding steroid dienone is 1. The van der Waals surface area contributed by atoms with Gasteiger partial charge in [0.15, 0.2) is 0 Å². The fourth-order valence-corrected chi connectivity index (χ4v) is 11.3. The largest absolute Gasteiger partial charge is 0.462 e. The number of carbonyl (C=O) groups excluding carboxylic acids is 1. The lowest BCUT2D eigenvalue weighted by atomic mass is 9.47. The van der Waals surface area contributed by atoms with Crippen LogP contribution in [-0.2, 0) is 9.53 Å². The predicted molar refractivity (Wildman–Crippen MR) is 193 cm³/mol. The Bertz CT molecular complexity index is 904. The van der Waals surface area contributed by atoms with Crippen molar-refractivity contribution in [2.24, 2.45) is 46.3 Å². The summed E-state index contributed by atoms with van der Waals surface area (Å²) in [6, 6.07) is 0. The van der Waals surface area contributed by atoms with E-state index in [4.69, 9.17) is 4.74 Å². The van der Waals surface area contributed by atoms with Crippen LogP contribution >= 0.6 is 0 Å². The Morgan fingerprint density at radius 1 is 0.778 bits per heavy atom. The first-order valence-electron chi connectivity index (χ1n) is 20.6. The van der Waals surface area contributed by atoms with Gasteiger partial charge >= 0.3 is 5.97 Å². The van der Waals surface area contributed by atoms with Crippen LogP contribution in [0.3, 0.4) is 0 Å². The zero-order chi connectivity index (χ0) is 32.3. The van der Waals surface area contributed by atoms with Crippen LogP contribution in [0, 0.1) is 46.3 Å². The van der Waals surface area contributed by atoms with Gasteiger partial charge in [-0.2, -0.15) is 0 Å². The lowest BCUT2D eigenvalue weighted by Gasteiger charge is -2.58. The Hall–Kier alpha value is -0.790. The first kappa shape index (κ1) is 37.0. The summed E-state index contributed by atoms with van der Waals surface area (Å²) < 4.78 is 6.12. The van der Waals surface area contributed by atoms with E-state index in [0.717, 1.165) is 54.8 Å². The van der Waals surface area contributed by atoms with Gasteiger partial charge in [-0.15, -0.1) is 0 Å². The normalized spacial score (nSPS) is 33.3. The average molecular weight is 625 g/mol. The maximum absolute atomic E-state index is 12.8. The molecule has 3 saturated carbocycles. The summed E-state index contributed by atoms with van der Waals surface area (Å²) in [5.41, 5.74) is 2.54. The van der Waals surface area contributed by atoms with Crippen LogP contribution in [0.25, 0.3) is 0 Å². The number of carbonyl (C=O) groups is 1. The molecular formula is C43H76O2. The SMILES string of the molecule is CCCCCCCCCCCCCCCC(=O)O[C@H]1CC[C@@]2(C)C(=CC[C@H]3[C@H]4CC[C@@H]([C@@H](C)CCCC(C)C)[C@@]4(C)CC[C@@H]32)C1. The van der Waals surface area contributed by atoms with Crippen LogP contribution in [-0.4, -0.2) is 12.1 Å². The Morgan fingerprint density at radius 3 is 2.07 bits per heavy atom. The third kappa shape index (κ3) is 9.87. The molecule has 45 heavy (non-hydrogen) atoms. The van der Waals surface area contributed by atoms with Crippen LogP contribution in [0.2, 0.25) is 0 Å². The van der Waals surface area contributed by atoms with Crippen molar-refractivity contribution in [2.75, 3.05) is 0 Å². The second-order valence-electron chi connectivity index (χ2n) is 17.6. The molecule has 260 valence electrons. The molecular weight excluding hydrogens is 548 g/mol. The van der Waals surface area contributed by atoms with E-state index in [1.54, 1.807) is 5.57 Å². The van der Waals surface area contributed by atoms with E-state index in [2.05, 4.69) is 47.6 Å². The number of hydrogen-bond acceptors (Lipinski definition) is 2. The molecule has 0 bridgehead atoms. The number of hydrogen-bond donors (Lipinski definition) is 0. The van der Waals surface area contributed by atoms with Crippen molar-refractivity contribution in [2.45, 2.75) is 208 Å². The fourth-order valence-electron chi connectivity index (χ4n) is 11.3. The highest BCUT2D eigenvalue weighted by atomic mass is 16.5. The molecule has 8 atom stereocenters. The smallest absolute Gasteiger partial charge is 0.306 e. The van der Waals surface area contributed by atoms with E-state index in [1.165, 1.54) is 135 Å². The van der Waals surface area contributed by atoms with Crippen LogP contribution < -0.4 is 0 Å². The molecule has 0 aromatic rings. The Morgan fingerprint density at radius 2 is 1.42 bits per heavy atom. The van der Waals surface area contributed by atoms with Gasteiger partial charge in [0.05, 0.1) is 0 Å². The molecule has 2 nitrogen and oxygen atoms in total. The van der Waals surface area contributed by atoms with Gasteiger partial charge in [-0.3, -0.25) is 4.79 Å². The van der Waals surface area contributed by atoms with Crippen molar-refractivity contribution >= 4 is 5.97 Å². The van der Waals surface area contributed by atoms with Gasteiger partial charge in [-0.1, -0.05) is 150 Å². The minimum Gasteiger partial charge on any atom is -0.462 e. The summed E-state index contributed by atoms with van der Waals surface area (Å²) >= 11 is 0. The van der Waals surface area contributed by atoms with E-state index in [1.807, 2.05) is 0 Å². The quantitative estimate of drug-likeness (QED) is 0.0765. The van der Waals surface area contributed by atoms with Crippen molar-refractivity contribution in [1.82, 2.24) is 0 Å². The molecule has 0 spiro atoms. The maximum Gasteiger partial charge on any atom is 0.306 e. The van der Waals surface area contributed by atoms with Crippen LogP contribution in [0.15, 0.2) is 11.6 Å². The average Bonchev–Trinajstić information content (AvgIpc) is 3.37. The zero-order valence-electron chi connectivity index (χ0n) is 31.1. The first-order chi connectivity index (χ1) is 21.7. The lowest BCUT2D eigenvalue weighted by Crippen LogP contribution is -2.51. The lowest BCUT2D eigenvalue weighted by molar-refractivity contribution is -0.151. The monoisotopic (exact) mass is 625 g/mol. The van der Waals surface area contributed by atoms with Gasteiger partial charge in [0.2, 0.25) is 0 Å². The van der Waals surface area contributed by atoms with Gasteiger partial charge in [0, 0.05) is 12.8 Å². The van der Waals surface area contributed by atoms with E-state index in [-0.39, 0.29) is 12.1 Å². The van der Waals surface area contributed by atoms with Gasteiger partial charge < -0.3 is 4.74 Å². The summed E-state index contributed by atoms with van der Waals surface area (Å²) in [4.78, 5) is 12.8. The third-order valence-corrected chi connectivity index (χ3v) is 14.0. The number of esters is 1. The molecule has 0 aromatic heterocycles. The first-order valence-corrected chi connectivity index (χ1v) is 20.6. The summed E-state index contributed by atoms with van der Waals surface area (Å²) in [7, 11) is 0. The minimum atomic E-state index is 0.0638. The van der Waals surface area contributed by atoms with Gasteiger partial charge in [0.1, 0.15) is 6.10 Å². The predicted octanol–water partition coefficient (Wildman–Crippen LogP) is 13.4. The van der Waals surface area contributed by atoms with Crippen molar-refractivity contribution in [3.8, 4) is 0 Å². The second kappa shape index (κ2) is 18.1. The van der Waals surface area contributed by atoms with Crippen LogP contribution in [0.1, 0.15) is 202 Å². The summed E-state index contributed by atoms with van der Waals surface area (Å²) in [6.45, 7) is 14.9. The standard InChI is InChI=1S/C43H76O2/c1-7-8-9-10-11-12-13-14-15-16-17-18-19-23-41(44)45-36-28-30-42(5)35(32-36)24-25-37-39-27-26-38(34(4)22-20-21-33(2)3)43(39,6)31-29-40(37)42/h24,33-34,36-40H,7-23,25-32H2,1-6H3/t34-,36-,37-,38-,39+,40-,42-,43+/m0/s1. The fraction of sp³-hybridized carbons (Fsp3) is 0.930. The van der Waals surface area contributed by atoms with Crippen molar-refractivity contribution in [3.63, 3.8) is 0 Å². The Balaban J connectivity index is 1.14. The van der Waals surface area contributed by atoms with Crippen LogP contribution in [0.5, 0.6) is 0 Å². The number of ether oxygens (including phenoxy) is 1. The number of fused-ring (bicyclic) bond motifs is 5. The molecule has 0 heterocycles. The topological polar surface area (TPSA) is 26.3 Å². The third-order valence-electron chi connectivity index (χ3n) is 14.0. The highest BCUT2D eigenvalue weighted by molar-refractivity contribution is 5.69. The Labute approximate surface area is 281 Å². The summed E-state index contributed by atoms with van der Waals surface area (Å²) in [6.07, 6.45) is 35.4. The van der Waals surface area contributed by atoms with E-state index >= 15 is 0 Å². The second-order valence-corrected chi connectivity index (χ2v) is 17.6. The molecule has 3 fully saturated rings. The molecule has 4 aliphatic carbocycles.